The van der Waals surface area contributed by atoms with E-state index >= 15 is 0 Å². The molecule has 2 saturated heterocycles. The Morgan fingerprint density at radius 2 is 2.12 bits per heavy atom. The van der Waals surface area contributed by atoms with Gasteiger partial charge in [-0.15, -0.1) is 0 Å². The highest BCUT2D eigenvalue weighted by Crippen LogP contribution is 2.20. The Morgan fingerprint density at radius 3 is 2.62 bits per heavy atom. The average molecular weight is 246 g/mol. The third kappa shape index (κ3) is 2.76. The third-order valence-electron chi connectivity index (χ3n) is 3.95. The molecule has 0 aromatic rings. The van der Waals surface area contributed by atoms with E-state index in [1.807, 2.05) is 6.92 Å². The number of hydrogen-bond acceptors (Lipinski definition) is 4. The van der Waals surface area contributed by atoms with Gasteiger partial charge < -0.3 is 5.32 Å². The van der Waals surface area contributed by atoms with E-state index in [0.717, 1.165) is 25.6 Å². The first-order valence-electron chi connectivity index (χ1n) is 6.13. The molecule has 0 saturated carbocycles. The van der Waals surface area contributed by atoms with Crippen LogP contribution in [0.1, 0.15) is 13.8 Å². The highest BCUT2D eigenvalue weighted by molar-refractivity contribution is 7.91. The predicted molar refractivity (Wildman–Crippen MR) is 65.2 cm³/mol. The Hall–Kier alpha value is -0.130. The molecule has 4 nitrogen and oxygen atoms in total. The first-order chi connectivity index (χ1) is 7.48. The summed E-state index contributed by atoms with van der Waals surface area (Å²) >= 11 is 0. The van der Waals surface area contributed by atoms with Crippen molar-refractivity contribution in [3.8, 4) is 0 Å². The molecule has 0 spiro atoms. The zero-order valence-electron chi connectivity index (χ0n) is 10.1. The van der Waals surface area contributed by atoms with Gasteiger partial charge in [-0.05, 0) is 31.8 Å². The van der Waals surface area contributed by atoms with E-state index < -0.39 is 9.84 Å². The minimum atomic E-state index is -2.77. The molecular weight excluding hydrogens is 224 g/mol. The quantitative estimate of drug-likeness (QED) is 0.759. The van der Waals surface area contributed by atoms with Crippen molar-refractivity contribution < 1.29 is 8.42 Å². The smallest absolute Gasteiger partial charge is 0.153 e. The van der Waals surface area contributed by atoms with Gasteiger partial charge in [-0.2, -0.15) is 0 Å². The molecule has 2 rings (SSSR count). The van der Waals surface area contributed by atoms with Crippen LogP contribution in [-0.2, 0) is 9.84 Å². The van der Waals surface area contributed by atoms with E-state index in [2.05, 4.69) is 17.1 Å². The van der Waals surface area contributed by atoms with Gasteiger partial charge in [0.25, 0.3) is 0 Å². The van der Waals surface area contributed by atoms with Crippen LogP contribution in [0.15, 0.2) is 0 Å². The van der Waals surface area contributed by atoms with Gasteiger partial charge in [-0.3, -0.25) is 4.90 Å². The number of rotatable bonds is 3. The molecule has 0 aromatic carbocycles. The summed E-state index contributed by atoms with van der Waals surface area (Å²) in [5, 5.41) is 3.29. The lowest BCUT2D eigenvalue weighted by molar-refractivity contribution is 0.144. The predicted octanol–water partition coefficient (Wildman–Crippen LogP) is -0.0392. The molecule has 0 amide bonds. The van der Waals surface area contributed by atoms with Crippen LogP contribution in [-0.4, -0.2) is 57.0 Å². The molecule has 2 fully saturated rings. The molecule has 2 aliphatic heterocycles. The van der Waals surface area contributed by atoms with Crippen molar-refractivity contribution in [2.75, 3.05) is 37.7 Å². The minimum absolute atomic E-state index is 0.189. The van der Waals surface area contributed by atoms with Crippen LogP contribution in [0.2, 0.25) is 0 Å². The van der Waals surface area contributed by atoms with Gasteiger partial charge in [0.2, 0.25) is 0 Å². The van der Waals surface area contributed by atoms with Gasteiger partial charge in [0, 0.05) is 19.1 Å². The van der Waals surface area contributed by atoms with Crippen molar-refractivity contribution >= 4 is 9.84 Å². The molecule has 0 radical (unpaired) electrons. The maximum atomic E-state index is 11.5. The average Bonchev–Trinajstić information content (AvgIpc) is 2.06. The van der Waals surface area contributed by atoms with Crippen LogP contribution in [0.25, 0.3) is 0 Å². The summed E-state index contributed by atoms with van der Waals surface area (Å²) in [6.07, 6.45) is 0. The number of nitrogens with zero attached hydrogens (tertiary/aromatic N) is 1. The molecule has 2 aliphatic rings. The van der Waals surface area contributed by atoms with Crippen molar-refractivity contribution in [1.82, 2.24) is 10.2 Å². The van der Waals surface area contributed by atoms with Crippen molar-refractivity contribution in [3.63, 3.8) is 0 Å². The zero-order chi connectivity index (χ0) is 11.8. The van der Waals surface area contributed by atoms with Gasteiger partial charge in [0.05, 0.1) is 11.5 Å². The number of hydrogen-bond donors (Lipinski definition) is 1. The van der Waals surface area contributed by atoms with Crippen LogP contribution in [0, 0.1) is 11.8 Å². The highest BCUT2D eigenvalue weighted by atomic mass is 32.2. The molecule has 0 bridgehead atoms. The summed E-state index contributed by atoms with van der Waals surface area (Å²) in [6.45, 7) is 8.32. The van der Waals surface area contributed by atoms with Crippen molar-refractivity contribution in [2.45, 2.75) is 19.9 Å². The molecule has 2 unspecified atom stereocenters. The molecule has 2 atom stereocenters. The van der Waals surface area contributed by atoms with E-state index in [1.54, 1.807) is 0 Å². The summed E-state index contributed by atoms with van der Waals surface area (Å²) in [4.78, 5) is 2.34. The molecular formula is C11H22N2O2S. The summed E-state index contributed by atoms with van der Waals surface area (Å²) in [7, 11) is -2.77. The van der Waals surface area contributed by atoms with E-state index in [9.17, 15) is 8.42 Å². The fraction of sp³-hybridized carbons (Fsp3) is 1.00. The minimum Gasteiger partial charge on any atom is -0.316 e. The summed E-state index contributed by atoms with van der Waals surface area (Å²) < 4.78 is 22.9. The molecule has 16 heavy (non-hydrogen) atoms. The van der Waals surface area contributed by atoms with Crippen LogP contribution in [0.3, 0.4) is 0 Å². The topological polar surface area (TPSA) is 49.4 Å². The monoisotopic (exact) mass is 246 g/mol. The lowest BCUT2D eigenvalue weighted by atomic mass is 9.88. The Morgan fingerprint density at radius 1 is 1.44 bits per heavy atom. The molecule has 5 heteroatoms. The second-order valence-electron chi connectivity index (χ2n) is 5.35. The van der Waals surface area contributed by atoms with Gasteiger partial charge in [0.1, 0.15) is 0 Å². The maximum absolute atomic E-state index is 11.5. The Labute approximate surface area is 98.3 Å². The fourth-order valence-electron chi connectivity index (χ4n) is 2.54. The molecule has 94 valence electrons. The SMILES string of the molecule is CC(CN1CCS(=O)(=O)CC1C)C1CNC1. The van der Waals surface area contributed by atoms with Gasteiger partial charge in [0.15, 0.2) is 9.84 Å². The lowest BCUT2D eigenvalue weighted by Gasteiger charge is -2.39. The molecule has 1 N–H and O–H groups in total. The van der Waals surface area contributed by atoms with E-state index in [1.165, 1.54) is 0 Å². The Balaban J connectivity index is 1.86. The molecule has 2 heterocycles. The van der Waals surface area contributed by atoms with Crippen molar-refractivity contribution in [2.24, 2.45) is 11.8 Å². The van der Waals surface area contributed by atoms with Crippen LogP contribution >= 0.6 is 0 Å². The van der Waals surface area contributed by atoms with E-state index in [-0.39, 0.29) is 6.04 Å². The maximum Gasteiger partial charge on any atom is 0.153 e. The summed E-state index contributed by atoms with van der Waals surface area (Å²) in [5.41, 5.74) is 0. The third-order valence-corrected chi connectivity index (χ3v) is 5.74. The number of nitrogens with one attached hydrogen (secondary N) is 1. The normalized spacial score (nSPS) is 33.2. The Bertz CT molecular complexity index is 338. The van der Waals surface area contributed by atoms with Gasteiger partial charge in [-0.25, -0.2) is 8.42 Å². The largest absolute Gasteiger partial charge is 0.316 e. The highest BCUT2D eigenvalue weighted by Gasteiger charge is 2.31. The van der Waals surface area contributed by atoms with Gasteiger partial charge in [-0.1, -0.05) is 6.92 Å². The van der Waals surface area contributed by atoms with Crippen LogP contribution in [0.4, 0.5) is 0 Å². The van der Waals surface area contributed by atoms with E-state index in [4.69, 9.17) is 0 Å². The zero-order valence-corrected chi connectivity index (χ0v) is 11.0. The molecule has 0 aliphatic carbocycles. The van der Waals surface area contributed by atoms with Gasteiger partial charge >= 0.3 is 0 Å². The van der Waals surface area contributed by atoms with E-state index in [0.29, 0.717) is 24.0 Å². The lowest BCUT2D eigenvalue weighted by Crippen LogP contribution is -2.52. The second-order valence-corrected chi connectivity index (χ2v) is 7.58. The first-order valence-corrected chi connectivity index (χ1v) is 7.95. The summed E-state index contributed by atoms with van der Waals surface area (Å²) in [6, 6.07) is 0.189. The Kier molecular flexibility index (Phi) is 3.56. The number of sulfone groups is 1. The first kappa shape index (κ1) is 12.3. The second kappa shape index (κ2) is 4.63. The molecule has 0 aromatic heterocycles. The van der Waals surface area contributed by atoms with Crippen molar-refractivity contribution in [1.29, 1.82) is 0 Å². The fourth-order valence-corrected chi connectivity index (χ4v) is 4.16. The van der Waals surface area contributed by atoms with Crippen molar-refractivity contribution in [3.05, 3.63) is 0 Å². The summed E-state index contributed by atoms with van der Waals surface area (Å²) in [5.74, 6) is 2.13. The van der Waals surface area contributed by atoms with Crippen LogP contribution in [0.5, 0.6) is 0 Å². The van der Waals surface area contributed by atoms with Crippen LogP contribution < -0.4 is 5.32 Å². The standard InChI is InChI=1S/C11H22N2O2S/c1-9(11-5-12-6-11)7-13-3-4-16(14,15)8-10(13)2/h9-12H,3-8H2,1-2H3.